The van der Waals surface area contributed by atoms with Gasteiger partial charge in [0.05, 0.1) is 18.2 Å². The highest BCUT2D eigenvalue weighted by atomic mass is 16.5. The van der Waals surface area contributed by atoms with Crippen LogP contribution in [0.4, 0.5) is 10.5 Å². The van der Waals surface area contributed by atoms with Crippen molar-refractivity contribution >= 4 is 29.6 Å². The molecule has 146 valence electrons. The van der Waals surface area contributed by atoms with Gasteiger partial charge in [0.1, 0.15) is 0 Å². The number of esters is 2. The van der Waals surface area contributed by atoms with Gasteiger partial charge in [0.2, 0.25) is 0 Å². The minimum atomic E-state index is -0.883. The van der Waals surface area contributed by atoms with Crippen molar-refractivity contribution in [2.24, 2.45) is 0 Å². The topological polar surface area (TPSA) is 111 Å². The molecule has 0 heterocycles. The molecule has 28 heavy (non-hydrogen) atoms. The van der Waals surface area contributed by atoms with Gasteiger partial charge in [-0.15, -0.1) is 0 Å². The third kappa shape index (κ3) is 5.41. The standard InChI is InChI=1S/C20H20N2O6/c1-12-8-9-16(13(2)10-12)21-20(26)22-17(23)11-28-19(25)15-7-5-4-6-14(15)18(24)27-3/h4-10H,11H2,1-3H3,(H2,21,22,23,26). The maximum atomic E-state index is 12.1. The van der Waals surface area contributed by atoms with Crippen molar-refractivity contribution in [2.45, 2.75) is 13.8 Å². The number of benzene rings is 2. The summed E-state index contributed by atoms with van der Waals surface area (Å²) in [5.74, 6) is -2.40. The number of hydrogen-bond acceptors (Lipinski definition) is 6. The van der Waals surface area contributed by atoms with Gasteiger partial charge in [0.15, 0.2) is 6.61 Å². The zero-order valence-corrected chi connectivity index (χ0v) is 15.7. The summed E-state index contributed by atoms with van der Waals surface area (Å²) in [5.41, 5.74) is 2.41. The molecule has 0 aliphatic heterocycles. The molecule has 0 saturated carbocycles. The van der Waals surface area contributed by atoms with Crippen LogP contribution in [0, 0.1) is 13.8 Å². The molecular formula is C20H20N2O6. The maximum Gasteiger partial charge on any atom is 0.339 e. The average molecular weight is 384 g/mol. The van der Waals surface area contributed by atoms with Crippen molar-refractivity contribution in [1.29, 1.82) is 0 Å². The number of imide groups is 1. The fourth-order valence-corrected chi connectivity index (χ4v) is 2.43. The van der Waals surface area contributed by atoms with Crippen LogP contribution >= 0.6 is 0 Å². The van der Waals surface area contributed by atoms with Crippen LogP contribution in [-0.2, 0) is 14.3 Å². The summed E-state index contributed by atoms with van der Waals surface area (Å²) in [7, 11) is 1.19. The molecule has 0 radical (unpaired) electrons. The summed E-state index contributed by atoms with van der Waals surface area (Å²) in [6.07, 6.45) is 0. The fourth-order valence-electron chi connectivity index (χ4n) is 2.43. The Morgan fingerprint density at radius 3 is 2.18 bits per heavy atom. The van der Waals surface area contributed by atoms with Gasteiger partial charge in [0.25, 0.3) is 5.91 Å². The molecule has 2 aromatic rings. The second-order valence-electron chi connectivity index (χ2n) is 5.93. The molecule has 0 aliphatic rings. The highest BCUT2D eigenvalue weighted by molar-refractivity contribution is 6.05. The number of aryl methyl sites for hydroxylation is 2. The van der Waals surface area contributed by atoms with E-state index < -0.39 is 30.5 Å². The summed E-state index contributed by atoms with van der Waals surface area (Å²) < 4.78 is 9.48. The predicted molar refractivity (Wildman–Crippen MR) is 101 cm³/mol. The monoisotopic (exact) mass is 384 g/mol. The average Bonchev–Trinajstić information content (AvgIpc) is 2.67. The smallest absolute Gasteiger partial charge is 0.339 e. The molecule has 0 atom stereocenters. The lowest BCUT2D eigenvalue weighted by atomic mass is 10.1. The van der Waals surface area contributed by atoms with E-state index in [0.29, 0.717) is 5.69 Å². The molecule has 8 heteroatoms. The van der Waals surface area contributed by atoms with Gasteiger partial charge in [-0.3, -0.25) is 10.1 Å². The minimum absolute atomic E-state index is 0.0167. The molecule has 0 bridgehead atoms. The molecule has 0 saturated heterocycles. The summed E-state index contributed by atoms with van der Waals surface area (Å²) in [4.78, 5) is 47.6. The summed E-state index contributed by atoms with van der Waals surface area (Å²) in [6, 6.07) is 10.6. The first kappa shape index (κ1) is 20.6. The minimum Gasteiger partial charge on any atom is -0.465 e. The first-order chi connectivity index (χ1) is 13.3. The van der Waals surface area contributed by atoms with Crippen molar-refractivity contribution in [3.05, 3.63) is 64.7 Å². The molecule has 0 spiro atoms. The maximum absolute atomic E-state index is 12.1. The number of urea groups is 1. The van der Waals surface area contributed by atoms with Gasteiger partial charge in [-0.05, 0) is 37.6 Å². The molecule has 2 aromatic carbocycles. The number of carbonyl (C=O) groups is 4. The van der Waals surface area contributed by atoms with Gasteiger partial charge >= 0.3 is 18.0 Å². The largest absolute Gasteiger partial charge is 0.465 e. The lowest BCUT2D eigenvalue weighted by Crippen LogP contribution is -2.37. The van der Waals surface area contributed by atoms with E-state index in [1.54, 1.807) is 18.2 Å². The van der Waals surface area contributed by atoms with Crippen molar-refractivity contribution in [2.75, 3.05) is 19.0 Å². The molecule has 8 nitrogen and oxygen atoms in total. The van der Waals surface area contributed by atoms with Crippen LogP contribution in [0.15, 0.2) is 42.5 Å². The summed E-state index contributed by atoms with van der Waals surface area (Å²) in [6.45, 7) is 3.06. The van der Waals surface area contributed by atoms with E-state index >= 15 is 0 Å². The lowest BCUT2D eigenvalue weighted by Gasteiger charge is -2.10. The van der Waals surface area contributed by atoms with Crippen LogP contribution in [0.3, 0.4) is 0 Å². The van der Waals surface area contributed by atoms with E-state index in [4.69, 9.17) is 4.74 Å². The van der Waals surface area contributed by atoms with Gasteiger partial charge in [-0.25, -0.2) is 14.4 Å². The number of rotatable bonds is 5. The summed E-state index contributed by atoms with van der Waals surface area (Å²) in [5, 5.41) is 4.61. The number of methoxy groups -OCH3 is 1. The number of ether oxygens (including phenoxy) is 2. The van der Waals surface area contributed by atoms with Crippen LogP contribution < -0.4 is 10.6 Å². The SMILES string of the molecule is COC(=O)c1ccccc1C(=O)OCC(=O)NC(=O)Nc1ccc(C)cc1C. The van der Waals surface area contributed by atoms with Crippen LogP contribution in [-0.4, -0.2) is 37.6 Å². The number of hydrogen-bond donors (Lipinski definition) is 2. The molecular weight excluding hydrogens is 364 g/mol. The Morgan fingerprint density at radius 1 is 0.929 bits per heavy atom. The molecule has 0 fully saturated rings. The Kier molecular flexibility index (Phi) is 6.86. The summed E-state index contributed by atoms with van der Waals surface area (Å²) >= 11 is 0. The van der Waals surface area contributed by atoms with Crippen molar-refractivity contribution < 1.29 is 28.7 Å². The Hall–Kier alpha value is -3.68. The van der Waals surface area contributed by atoms with Gasteiger partial charge in [-0.2, -0.15) is 0 Å². The van der Waals surface area contributed by atoms with Crippen LogP contribution in [0.25, 0.3) is 0 Å². The Labute approximate surface area is 161 Å². The van der Waals surface area contributed by atoms with Gasteiger partial charge < -0.3 is 14.8 Å². The van der Waals surface area contributed by atoms with E-state index in [-0.39, 0.29) is 11.1 Å². The van der Waals surface area contributed by atoms with Crippen LogP contribution in [0.1, 0.15) is 31.8 Å². The third-order valence-electron chi connectivity index (χ3n) is 3.77. The molecule has 2 rings (SSSR count). The van der Waals surface area contributed by atoms with E-state index in [9.17, 15) is 19.2 Å². The highest BCUT2D eigenvalue weighted by Gasteiger charge is 2.19. The Bertz CT molecular complexity index is 923. The zero-order chi connectivity index (χ0) is 20.7. The third-order valence-corrected chi connectivity index (χ3v) is 3.77. The number of carbonyl (C=O) groups excluding carboxylic acids is 4. The predicted octanol–water partition coefficient (Wildman–Crippen LogP) is 2.60. The Morgan fingerprint density at radius 2 is 1.57 bits per heavy atom. The van der Waals surface area contributed by atoms with Crippen molar-refractivity contribution in [1.82, 2.24) is 5.32 Å². The van der Waals surface area contributed by atoms with Gasteiger partial charge in [-0.1, -0.05) is 29.8 Å². The van der Waals surface area contributed by atoms with Gasteiger partial charge in [0, 0.05) is 5.69 Å². The molecule has 0 aliphatic carbocycles. The fraction of sp³-hybridized carbons (Fsp3) is 0.200. The van der Waals surface area contributed by atoms with E-state index in [1.807, 2.05) is 26.0 Å². The van der Waals surface area contributed by atoms with E-state index in [0.717, 1.165) is 11.1 Å². The quantitative estimate of drug-likeness (QED) is 0.767. The van der Waals surface area contributed by atoms with E-state index in [1.165, 1.54) is 19.2 Å². The molecule has 3 amide bonds. The number of nitrogens with one attached hydrogen (secondary N) is 2. The van der Waals surface area contributed by atoms with Crippen molar-refractivity contribution in [3.63, 3.8) is 0 Å². The molecule has 0 unspecified atom stereocenters. The molecule has 2 N–H and O–H groups in total. The number of anilines is 1. The second-order valence-corrected chi connectivity index (χ2v) is 5.93. The number of amides is 3. The second kappa shape index (κ2) is 9.31. The zero-order valence-electron chi connectivity index (χ0n) is 15.7. The normalized spacial score (nSPS) is 9.96. The highest BCUT2D eigenvalue weighted by Crippen LogP contribution is 2.15. The Balaban J connectivity index is 1.91. The lowest BCUT2D eigenvalue weighted by molar-refractivity contribution is -0.123. The van der Waals surface area contributed by atoms with E-state index in [2.05, 4.69) is 15.4 Å². The van der Waals surface area contributed by atoms with Crippen LogP contribution in [0.5, 0.6) is 0 Å². The molecule has 0 aromatic heterocycles. The first-order valence-electron chi connectivity index (χ1n) is 8.34. The van der Waals surface area contributed by atoms with Crippen molar-refractivity contribution in [3.8, 4) is 0 Å². The van der Waals surface area contributed by atoms with Crippen LogP contribution in [0.2, 0.25) is 0 Å². The first-order valence-corrected chi connectivity index (χ1v) is 8.34.